The molecule has 0 aliphatic heterocycles. The maximum absolute atomic E-state index is 12.9. The van der Waals surface area contributed by atoms with Crippen molar-refractivity contribution in [3.05, 3.63) is 134 Å². The largest absolute Gasteiger partial charge is 0.472 e. The van der Waals surface area contributed by atoms with E-state index in [-0.39, 0.29) is 19.3 Å². The summed E-state index contributed by atoms with van der Waals surface area (Å²) in [4.78, 5) is 58.2. The Labute approximate surface area is 525 Å². The van der Waals surface area contributed by atoms with Crippen LogP contribution in [0.1, 0.15) is 226 Å². The van der Waals surface area contributed by atoms with E-state index in [0.29, 0.717) is 25.7 Å². The maximum atomic E-state index is 12.9. The van der Waals surface area contributed by atoms with E-state index >= 15 is 0 Å². The van der Waals surface area contributed by atoms with Gasteiger partial charge in [-0.15, -0.1) is 0 Å². The van der Waals surface area contributed by atoms with Gasteiger partial charge >= 0.3 is 33.6 Å². The summed E-state index contributed by atoms with van der Waals surface area (Å²) in [7, 11) is -9.80. The zero-order valence-corrected chi connectivity index (χ0v) is 55.2. The monoisotopic (exact) mass is 1260 g/mol. The first-order chi connectivity index (χ1) is 42.2. The normalized spacial score (nSPS) is 15.2. The first-order valence-electron chi connectivity index (χ1n) is 32.5. The van der Waals surface area contributed by atoms with Crippen LogP contribution in [0.4, 0.5) is 0 Å². The van der Waals surface area contributed by atoms with E-state index in [0.717, 1.165) is 135 Å². The molecule has 0 heterocycles. The minimum Gasteiger partial charge on any atom is -0.463 e. The van der Waals surface area contributed by atoms with E-state index < -0.39 is 91.5 Å². The van der Waals surface area contributed by atoms with E-state index in [9.17, 15) is 43.5 Å². The van der Waals surface area contributed by atoms with Crippen LogP contribution in [0.5, 0.6) is 0 Å². The number of unbranched alkanes of at least 4 members (excludes halogenated alkanes) is 15. The number of phosphoric ester groups is 2. The summed E-state index contributed by atoms with van der Waals surface area (Å²) in [5, 5.41) is 20.5. The van der Waals surface area contributed by atoms with Crippen LogP contribution in [0, 0.1) is 0 Å². The van der Waals surface area contributed by atoms with Gasteiger partial charge in [0.25, 0.3) is 0 Å². The molecule has 0 aliphatic carbocycles. The smallest absolute Gasteiger partial charge is 0.463 e. The lowest BCUT2D eigenvalue weighted by atomic mass is 10.1. The molecule has 0 fully saturated rings. The minimum absolute atomic E-state index is 0.0780. The molecular weight excluding hydrogens is 1150 g/mol. The van der Waals surface area contributed by atoms with Crippen molar-refractivity contribution in [2.45, 2.75) is 245 Å². The highest BCUT2D eigenvalue weighted by Crippen LogP contribution is 2.45. The van der Waals surface area contributed by atoms with Gasteiger partial charge < -0.3 is 34.2 Å². The molecule has 0 aliphatic rings. The fourth-order valence-electron chi connectivity index (χ4n) is 7.92. The Morgan fingerprint density at radius 1 is 0.333 bits per heavy atom. The van der Waals surface area contributed by atoms with Gasteiger partial charge in [-0.3, -0.25) is 32.5 Å². The molecule has 5 unspecified atom stereocenters. The Kier molecular flexibility index (Phi) is 58.8. The van der Waals surface area contributed by atoms with Crippen molar-refractivity contribution in [1.29, 1.82) is 0 Å². The number of aliphatic hydroxyl groups is 2. The number of phosphoric acid groups is 2. The van der Waals surface area contributed by atoms with Crippen molar-refractivity contribution in [3.8, 4) is 0 Å². The Balaban J connectivity index is 4.71. The van der Waals surface area contributed by atoms with Crippen LogP contribution in [-0.2, 0) is 55.8 Å². The van der Waals surface area contributed by atoms with Gasteiger partial charge in [-0.2, -0.15) is 0 Å². The van der Waals surface area contributed by atoms with E-state index in [4.69, 9.17) is 32.3 Å². The van der Waals surface area contributed by atoms with E-state index in [1.165, 1.54) is 25.7 Å². The SMILES string of the molecule is CC/C=C\C/C=C\C/C=C\C/C=C\C/C=C\CCCCCCCC(=O)OCC(O)COP(=O)(O)OCC(O)COP(=O)(O)OCC(COC(=O)CCC/C=C\C/C=C\C/C=C\C/C=C\C/C=C\CC)OC(=O)CCCCCCC/C=C\CCCCCC. The first-order valence-corrected chi connectivity index (χ1v) is 35.5. The third-order valence-electron chi connectivity index (χ3n) is 12.8. The van der Waals surface area contributed by atoms with Gasteiger partial charge in [-0.1, -0.05) is 212 Å². The molecule has 0 spiro atoms. The predicted molar refractivity (Wildman–Crippen MR) is 353 cm³/mol. The summed E-state index contributed by atoms with van der Waals surface area (Å²) in [5.74, 6) is -1.68. The molecule has 0 aromatic rings. The third kappa shape index (κ3) is 63.1. The Bertz CT molecular complexity index is 2120. The van der Waals surface area contributed by atoms with Crippen LogP contribution < -0.4 is 0 Å². The van der Waals surface area contributed by atoms with Crippen LogP contribution in [0.3, 0.4) is 0 Å². The topological polar surface area (TPSA) is 231 Å². The Morgan fingerprint density at radius 2 is 0.621 bits per heavy atom. The van der Waals surface area contributed by atoms with Crippen molar-refractivity contribution in [3.63, 3.8) is 0 Å². The fourth-order valence-corrected chi connectivity index (χ4v) is 9.50. The van der Waals surface area contributed by atoms with Gasteiger partial charge in [-0.05, 0) is 128 Å². The summed E-state index contributed by atoms with van der Waals surface area (Å²) in [5.41, 5.74) is 0. The number of hydrogen-bond acceptors (Lipinski definition) is 14. The number of esters is 3. The Morgan fingerprint density at radius 3 is 1.02 bits per heavy atom. The molecular formula is C69H114O16P2. The number of aliphatic hydroxyl groups excluding tert-OH is 2. The number of carbonyl (C=O) groups is 3. The molecule has 0 rings (SSSR count). The lowest BCUT2D eigenvalue weighted by molar-refractivity contribution is -0.161. The summed E-state index contributed by atoms with van der Waals surface area (Å²) in [6.45, 7) is 2.29. The summed E-state index contributed by atoms with van der Waals surface area (Å²) in [6.07, 6.45) is 70.9. The average Bonchev–Trinajstić information content (AvgIpc) is 3.69. The fraction of sp³-hybridized carbons (Fsp3) is 0.638. The molecule has 0 amide bonds. The quantitative estimate of drug-likeness (QED) is 0.0146. The molecule has 16 nitrogen and oxygen atoms in total. The zero-order chi connectivity index (χ0) is 63.8. The molecule has 4 N–H and O–H groups in total. The van der Waals surface area contributed by atoms with Gasteiger partial charge in [0.05, 0.1) is 26.4 Å². The number of allylic oxidation sites excluding steroid dienone is 22. The molecule has 0 bridgehead atoms. The average molecular weight is 1260 g/mol. The second-order valence-corrected chi connectivity index (χ2v) is 24.1. The second-order valence-electron chi connectivity index (χ2n) is 21.1. The van der Waals surface area contributed by atoms with Gasteiger partial charge in [0.2, 0.25) is 0 Å². The molecule has 0 aromatic heterocycles. The van der Waals surface area contributed by atoms with E-state index in [2.05, 4.69) is 142 Å². The number of ether oxygens (including phenoxy) is 3. The van der Waals surface area contributed by atoms with Crippen LogP contribution in [0.25, 0.3) is 0 Å². The predicted octanol–water partition coefficient (Wildman–Crippen LogP) is 17.6. The van der Waals surface area contributed by atoms with E-state index in [1.807, 2.05) is 12.2 Å². The standard InChI is InChI=1S/C69H114O16P2/c1-4-7-10-13-16-19-22-25-27-29-30-31-32-34-36-38-40-43-46-49-52-55-67(72)79-58-64(70)59-81-86(75,76)82-60-65(71)61-83-87(77,78)84-63-66(85-69(74)57-54-51-48-45-42-37-24-21-18-15-12-9-6-3)62-80-68(73)56-53-50-47-44-41-39-35-33-28-26-23-20-17-14-11-8-5-2/h7-8,10-11,16-17,19-21,24-28,30-31,34-36,39,44,47,64-66,70-71H,4-6,9,12-15,18,22-23,29,32-33,37-38,40-43,45-46,48-63H2,1-3H3,(H,75,76)(H,77,78)/b10-7-,11-8-,19-16-,20-17-,24-21-,27-25-,28-26-,31-30-,36-34-,39-35-,47-44-. The van der Waals surface area contributed by atoms with Crippen molar-refractivity contribution >= 4 is 33.6 Å². The molecule has 0 saturated heterocycles. The zero-order valence-electron chi connectivity index (χ0n) is 53.4. The van der Waals surface area contributed by atoms with Crippen LogP contribution in [0.2, 0.25) is 0 Å². The molecule has 18 heteroatoms. The van der Waals surface area contributed by atoms with Crippen molar-refractivity contribution < 1.29 is 75.8 Å². The van der Waals surface area contributed by atoms with Gasteiger partial charge in [-0.25, -0.2) is 9.13 Å². The Hall–Kier alpha value is -4.31. The third-order valence-corrected chi connectivity index (χ3v) is 14.7. The van der Waals surface area contributed by atoms with Crippen LogP contribution in [-0.4, -0.2) is 95.9 Å². The van der Waals surface area contributed by atoms with Crippen molar-refractivity contribution in [2.75, 3.05) is 39.6 Å². The highest BCUT2D eigenvalue weighted by Gasteiger charge is 2.29. The van der Waals surface area contributed by atoms with Gasteiger partial charge in [0.15, 0.2) is 6.10 Å². The van der Waals surface area contributed by atoms with Crippen LogP contribution in [0.15, 0.2) is 134 Å². The lowest BCUT2D eigenvalue weighted by Crippen LogP contribution is -2.30. The highest BCUT2D eigenvalue weighted by atomic mass is 31.2. The molecule has 496 valence electrons. The molecule has 0 aromatic carbocycles. The summed E-state index contributed by atoms with van der Waals surface area (Å²) in [6, 6.07) is 0. The summed E-state index contributed by atoms with van der Waals surface area (Å²) < 4.78 is 60.7. The van der Waals surface area contributed by atoms with Gasteiger partial charge in [0.1, 0.15) is 25.4 Å². The number of carbonyl (C=O) groups excluding carboxylic acids is 3. The summed E-state index contributed by atoms with van der Waals surface area (Å²) >= 11 is 0. The molecule has 87 heavy (non-hydrogen) atoms. The van der Waals surface area contributed by atoms with Crippen LogP contribution >= 0.6 is 15.6 Å². The molecule has 0 radical (unpaired) electrons. The second kappa shape index (κ2) is 61.9. The molecule has 5 atom stereocenters. The number of rotatable bonds is 60. The molecule has 0 saturated carbocycles. The first kappa shape index (κ1) is 82.7. The highest BCUT2D eigenvalue weighted by molar-refractivity contribution is 7.47. The van der Waals surface area contributed by atoms with E-state index in [1.54, 1.807) is 0 Å². The number of hydrogen-bond donors (Lipinski definition) is 4. The maximum Gasteiger partial charge on any atom is 0.472 e. The van der Waals surface area contributed by atoms with Gasteiger partial charge in [0, 0.05) is 19.3 Å². The lowest BCUT2D eigenvalue weighted by Gasteiger charge is -2.21. The minimum atomic E-state index is -4.94. The van der Waals surface area contributed by atoms with Crippen molar-refractivity contribution in [1.82, 2.24) is 0 Å². The van der Waals surface area contributed by atoms with Crippen molar-refractivity contribution in [2.24, 2.45) is 0 Å².